The quantitative estimate of drug-likeness (QED) is 0.938. The number of aryl methyl sites for hydroxylation is 1. The molecule has 0 radical (unpaired) electrons. The van der Waals surface area contributed by atoms with Gasteiger partial charge in [0.2, 0.25) is 0 Å². The lowest BCUT2D eigenvalue weighted by Gasteiger charge is -2.39. The summed E-state index contributed by atoms with van der Waals surface area (Å²) in [5.74, 6) is 0. The lowest BCUT2D eigenvalue weighted by Crippen LogP contribution is -2.52. The third-order valence-electron chi connectivity index (χ3n) is 4.96. The van der Waals surface area contributed by atoms with Gasteiger partial charge in [0.05, 0.1) is 17.3 Å². The summed E-state index contributed by atoms with van der Waals surface area (Å²) in [6, 6.07) is 8.22. The highest BCUT2D eigenvalue weighted by Gasteiger charge is 2.36. The first-order chi connectivity index (χ1) is 10.00. The second kappa shape index (κ2) is 5.43. The molecule has 1 saturated heterocycles. The molecule has 2 aromatic rings. The van der Waals surface area contributed by atoms with Gasteiger partial charge in [-0.3, -0.25) is 9.58 Å². The van der Waals surface area contributed by atoms with E-state index in [1.54, 1.807) is 0 Å². The molecule has 1 aromatic carbocycles. The third kappa shape index (κ3) is 2.58. The van der Waals surface area contributed by atoms with Gasteiger partial charge in [-0.1, -0.05) is 18.2 Å². The minimum atomic E-state index is -0.408. The van der Waals surface area contributed by atoms with E-state index in [2.05, 4.69) is 36.0 Å². The summed E-state index contributed by atoms with van der Waals surface area (Å²) in [6.45, 7) is 6.47. The van der Waals surface area contributed by atoms with Crippen LogP contribution in [0.3, 0.4) is 0 Å². The molecular formula is C17H25N3O. The number of fused-ring (bicyclic) bond motifs is 1. The fourth-order valence-corrected chi connectivity index (χ4v) is 3.38. The summed E-state index contributed by atoms with van der Waals surface area (Å²) in [7, 11) is 1.96. The van der Waals surface area contributed by atoms with E-state index in [1.165, 1.54) is 12.8 Å². The van der Waals surface area contributed by atoms with Crippen molar-refractivity contribution in [1.29, 1.82) is 0 Å². The molecule has 4 heteroatoms. The third-order valence-corrected chi connectivity index (χ3v) is 4.96. The maximum Gasteiger partial charge on any atom is 0.0774 e. The van der Waals surface area contributed by atoms with E-state index in [-0.39, 0.29) is 5.54 Å². The van der Waals surface area contributed by atoms with Gasteiger partial charge >= 0.3 is 0 Å². The van der Waals surface area contributed by atoms with Crippen molar-refractivity contribution in [2.45, 2.75) is 44.8 Å². The summed E-state index contributed by atoms with van der Waals surface area (Å²) >= 11 is 0. The molecule has 21 heavy (non-hydrogen) atoms. The monoisotopic (exact) mass is 287 g/mol. The van der Waals surface area contributed by atoms with Gasteiger partial charge in [0, 0.05) is 24.4 Å². The molecule has 0 saturated carbocycles. The Hall–Kier alpha value is -1.39. The number of benzene rings is 1. The Morgan fingerprint density at radius 2 is 1.90 bits per heavy atom. The van der Waals surface area contributed by atoms with Gasteiger partial charge in [-0.15, -0.1) is 0 Å². The van der Waals surface area contributed by atoms with Crippen molar-refractivity contribution < 1.29 is 5.11 Å². The SMILES string of the molecule is Cn1nc(CC(O)C(C)(C)N2CCCC2)c2ccccc21. The van der Waals surface area contributed by atoms with Gasteiger partial charge in [-0.05, 0) is 45.8 Å². The maximum absolute atomic E-state index is 10.8. The van der Waals surface area contributed by atoms with Crippen LogP contribution in [0.4, 0.5) is 0 Å². The van der Waals surface area contributed by atoms with E-state index >= 15 is 0 Å². The average molecular weight is 287 g/mol. The Labute approximate surface area is 126 Å². The van der Waals surface area contributed by atoms with E-state index in [0.29, 0.717) is 6.42 Å². The largest absolute Gasteiger partial charge is 0.391 e. The zero-order chi connectivity index (χ0) is 15.0. The summed E-state index contributed by atoms with van der Waals surface area (Å²) in [5, 5.41) is 16.5. The van der Waals surface area contributed by atoms with Crippen molar-refractivity contribution in [3.63, 3.8) is 0 Å². The van der Waals surface area contributed by atoms with Crippen molar-refractivity contribution >= 4 is 10.9 Å². The van der Waals surface area contributed by atoms with Gasteiger partial charge < -0.3 is 5.11 Å². The Morgan fingerprint density at radius 3 is 2.62 bits per heavy atom. The van der Waals surface area contributed by atoms with Crippen molar-refractivity contribution in [2.24, 2.45) is 7.05 Å². The smallest absolute Gasteiger partial charge is 0.0774 e. The molecule has 1 atom stereocenters. The Balaban J connectivity index is 1.84. The minimum Gasteiger partial charge on any atom is -0.391 e. The predicted octanol–water partition coefficient (Wildman–Crippen LogP) is 2.35. The van der Waals surface area contributed by atoms with E-state index in [9.17, 15) is 5.11 Å². The number of aliphatic hydroxyl groups is 1. The van der Waals surface area contributed by atoms with Crippen LogP contribution in [-0.4, -0.2) is 44.5 Å². The van der Waals surface area contributed by atoms with Crippen LogP contribution in [0.5, 0.6) is 0 Å². The molecule has 0 amide bonds. The highest BCUT2D eigenvalue weighted by Crippen LogP contribution is 2.27. The Kier molecular flexibility index (Phi) is 3.76. The molecule has 1 aliphatic rings. The van der Waals surface area contributed by atoms with E-state index in [1.807, 2.05) is 23.9 Å². The van der Waals surface area contributed by atoms with Gasteiger partial charge in [0.25, 0.3) is 0 Å². The number of aromatic nitrogens is 2. The molecule has 0 spiro atoms. The fourth-order valence-electron chi connectivity index (χ4n) is 3.38. The molecule has 0 aliphatic carbocycles. The summed E-state index contributed by atoms with van der Waals surface area (Å²) in [4.78, 5) is 2.41. The molecular weight excluding hydrogens is 262 g/mol. The summed E-state index contributed by atoms with van der Waals surface area (Å²) in [5.41, 5.74) is 1.92. The number of hydrogen-bond donors (Lipinski definition) is 1. The van der Waals surface area contributed by atoms with Gasteiger partial charge in [0.1, 0.15) is 0 Å². The molecule has 0 bridgehead atoms. The van der Waals surface area contributed by atoms with Crippen LogP contribution in [0.15, 0.2) is 24.3 Å². The molecule has 3 rings (SSSR count). The predicted molar refractivity (Wildman–Crippen MR) is 85.3 cm³/mol. The van der Waals surface area contributed by atoms with Crippen molar-refractivity contribution in [2.75, 3.05) is 13.1 Å². The standard InChI is InChI=1S/C17H25N3O/c1-17(2,20-10-6-7-11-20)16(21)12-14-13-8-4-5-9-15(13)19(3)18-14/h4-5,8-9,16,21H,6-7,10-12H2,1-3H3. The van der Waals surface area contributed by atoms with E-state index in [0.717, 1.165) is 29.7 Å². The zero-order valence-corrected chi connectivity index (χ0v) is 13.2. The van der Waals surface area contributed by atoms with Crippen LogP contribution in [0.2, 0.25) is 0 Å². The normalized spacial score (nSPS) is 18.5. The second-order valence-electron chi connectivity index (χ2n) is 6.66. The molecule has 114 valence electrons. The lowest BCUT2D eigenvalue weighted by molar-refractivity contribution is 0.00296. The molecule has 1 unspecified atom stereocenters. The van der Waals surface area contributed by atoms with Crippen molar-refractivity contribution in [3.8, 4) is 0 Å². The first kappa shape index (κ1) is 14.5. The van der Waals surface area contributed by atoms with Crippen molar-refractivity contribution in [1.82, 2.24) is 14.7 Å². The maximum atomic E-state index is 10.8. The minimum absolute atomic E-state index is 0.199. The average Bonchev–Trinajstić information content (AvgIpc) is 3.09. The van der Waals surface area contributed by atoms with Crippen molar-refractivity contribution in [3.05, 3.63) is 30.0 Å². The molecule has 1 aromatic heterocycles. The number of para-hydroxylation sites is 1. The van der Waals surface area contributed by atoms with Crippen LogP contribution in [0.25, 0.3) is 10.9 Å². The molecule has 4 nitrogen and oxygen atoms in total. The molecule has 1 fully saturated rings. The number of likely N-dealkylation sites (tertiary alicyclic amines) is 1. The lowest BCUT2D eigenvalue weighted by atomic mass is 9.91. The van der Waals surface area contributed by atoms with E-state index in [4.69, 9.17) is 0 Å². The summed E-state index contributed by atoms with van der Waals surface area (Å²) < 4.78 is 1.90. The number of hydrogen-bond acceptors (Lipinski definition) is 3. The van der Waals surface area contributed by atoms with E-state index < -0.39 is 6.10 Å². The zero-order valence-electron chi connectivity index (χ0n) is 13.2. The topological polar surface area (TPSA) is 41.3 Å². The Morgan fingerprint density at radius 1 is 1.24 bits per heavy atom. The second-order valence-corrected chi connectivity index (χ2v) is 6.66. The van der Waals surface area contributed by atoms with Crippen LogP contribution in [-0.2, 0) is 13.5 Å². The molecule has 2 heterocycles. The van der Waals surface area contributed by atoms with Gasteiger partial charge in [-0.25, -0.2) is 0 Å². The Bertz CT molecular complexity index is 626. The highest BCUT2D eigenvalue weighted by molar-refractivity contribution is 5.81. The number of aliphatic hydroxyl groups excluding tert-OH is 1. The number of rotatable bonds is 4. The highest BCUT2D eigenvalue weighted by atomic mass is 16.3. The van der Waals surface area contributed by atoms with Gasteiger partial charge in [-0.2, -0.15) is 5.10 Å². The molecule has 1 N–H and O–H groups in total. The van der Waals surface area contributed by atoms with Crippen LogP contribution in [0, 0.1) is 0 Å². The van der Waals surface area contributed by atoms with Gasteiger partial charge in [0.15, 0.2) is 0 Å². The van der Waals surface area contributed by atoms with Crippen LogP contribution >= 0.6 is 0 Å². The summed E-state index contributed by atoms with van der Waals surface area (Å²) in [6.07, 6.45) is 2.67. The first-order valence-electron chi connectivity index (χ1n) is 7.84. The molecule has 1 aliphatic heterocycles. The number of nitrogens with zero attached hydrogens (tertiary/aromatic N) is 3. The first-order valence-corrected chi connectivity index (χ1v) is 7.84. The van der Waals surface area contributed by atoms with Crippen LogP contribution < -0.4 is 0 Å². The fraction of sp³-hybridized carbons (Fsp3) is 0.588. The van der Waals surface area contributed by atoms with Crippen LogP contribution in [0.1, 0.15) is 32.4 Å².